The van der Waals surface area contributed by atoms with Crippen LogP contribution in [0.15, 0.2) is 6.20 Å². The number of rotatable bonds is 9. The summed E-state index contributed by atoms with van der Waals surface area (Å²) >= 11 is 6.58. The molecule has 0 unspecified atom stereocenters. The Kier molecular flexibility index (Phi) is 10.3. The molecule has 0 saturated carbocycles. The summed E-state index contributed by atoms with van der Waals surface area (Å²) in [5.41, 5.74) is 10.8. The Morgan fingerprint density at radius 3 is 2.49 bits per heavy atom. The highest BCUT2D eigenvalue weighted by Crippen LogP contribution is 2.42. The predicted molar refractivity (Wildman–Crippen MR) is 188 cm³/mol. The lowest BCUT2D eigenvalue weighted by molar-refractivity contribution is -0.161. The predicted octanol–water partition coefficient (Wildman–Crippen LogP) is 4.55. The van der Waals surface area contributed by atoms with Crippen molar-refractivity contribution in [3.05, 3.63) is 56.2 Å². The van der Waals surface area contributed by atoms with E-state index in [4.69, 9.17) is 26.8 Å². The Hall–Kier alpha value is -4.49. The number of nitrogens with zero attached hydrogens (tertiary/aromatic N) is 5. The van der Waals surface area contributed by atoms with Crippen LogP contribution >= 0.6 is 11.6 Å². The molecular formula is C35H45ClN8O5. The molecule has 0 aromatic carbocycles. The minimum absolute atomic E-state index is 0.0461. The van der Waals surface area contributed by atoms with Crippen molar-refractivity contribution in [1.29, 1.82) is 0 Å². The van der Waals surface area contributed by atoms with E-state index in [2.05, 4.69) is 30.2 Å². The molecule has 1 fully saturated rings. The van der Waals surface area contributed by atoms with Gasteiger partial charge in [-0.2, -0.15) is 4.98 Å². The topological polar surface area (TPSA) is 169 Å². The normalized spacial score (nSPS) is 16.3. The molecule has 2 amide bonds. The highest BCUT2D eigenvalue weighted by atomic mass is 35.5. The van der Waals surface area contributed by atoms with Crippen molar-refractivity contribution in [2.45, 2.75) is 73.5 Å². The van der Waals surface area contributed by atoms with Crippen LogP contribution in [-0.2, 0) is 20.9 Å². The van der Waals surface area contributed by atoms with E-state index in [0.29, 0.717) is 52.6 Å². The number of anilines is 2. The van der Waals surface area contributed by atoms with Gasteiger partial charge in [0.25, 0.3) is 11.8 Å². The van der Waals surface area contributed by atoms with E-state index >= 15 is 0 Å². The highest BCUT2D eigenvalue weighted by molar-refractivity contribution is 6.41. The van der Waals surface area contributed by atoms with E-state index in [1.54, 1.807) is 19.4 Å². The van der Waals surface area contributed by atoms with Crippen molar-refractivity contribution in [3.8, 4) is 5.75 Å². The first-order valence-electron chi connectivity index (χ1n) is 16.4. The number of carbonyl (C=O) groups is 3. The highest BCUT2D eigenvalue weighted by Gasteiger charge is 2.38. The number of aromatic nitrogens is 4. The Bertz CT molecular complexity index is 1820. The maximum absolute atomic E-state index is 14.0. The summed E-state index contributed by atoms with van der Waals surface area (Å²) in [4.78, 5) is 59.9. The molecule has 5 heterocycles. The lowest BCUT2D eigenvalue weighted by atomic mass is 9.96. The molecule has 4 N–H and O–H groups in total. The van der Waals surface area contributed by atoms with E-state index in [1.165, 1.54) is 4.90 Å². The quantitative estimate of drug-likeness (QED) is 0.164. The number of aryl methyl sites for hydroxylation is 2. The average molecular weight is 693 g/mol. The zero-order valence-corrected chi connectivity index (χ0v) is 30.2. The van der Waals surface area contributed by atoms with Gasteiger partial charge in [-0.05, 0) is 86.0 Å². The van der Waals surface area contributed by atoms with Gasteiger partial charge in [0.2, 0.25) is 5.95 Å². The van der Waals surface area contributed by atoms with Crippen LogP contribution in [0, 0.1) is 33.6 Å². The van der Waals surface area contributed by atoms with Crippen molar-refractivity contribution in [3.63, 3.8) is 0 Å². The Labute approximate surface area is 291 Å². The zero-order valence-electron chi connectivity index (χ0n) is 29.4. The van der Waals surface area contributed by atoms with Crippen molar-refractivity contribution < 1.29 is 23.9 Å². The molecule has 0 radical (unpaired) electrons. The number of H-pyrrole nitrogens is 1. The fourth-order valence-corrected chi connectivity index (χ4v) is 6.74. The summed E-state index contributed by atoms with van der Waals surface area (Å²) in [6.07, 6.45) is 4.84. The van der Waals surface area contributed by atoms with Crippen LogP contribution in [0.5, 0.6) is 5.75 Å². The first-order chi connectivity index (χ1) is 23.1. The third kappa shape index (κ3) is 7.57. The monoisotopic (exact) mass is 692 g/mol. The van der Waals surface area contributed by atoms with E-state index in [-0.39, 0.29) is 52.7 Å². The Morgan fingerprint density at radius 2 is 1.84 bits per heavy atom. The van der Waals surface area contributed by atoms with Gasteiger partial charge in [0.05, 0.1) is 42.0 Å². The minimum Gasteiger partial charge on any atom is -0.496 e. The number of nitrogens with one attached hydrogen (secondary N) is 2. The molecular weight excluding hydrogens is 648 g/mol. The lowest BCUT2D eigenvalue weighted by Crippen LogP contribution is -2.42. The summed E-state index contributed by atoms with van der Waals surface area (Å²) in [5, 5.41) is 3.08. The molecule has 3 aromatic rings. The number of aromatic amines is 1. The standard InChI is InChI=1S/C35H45ClN8O5/c1-18-16-39-25(20(3)28(18)48-8)17-44-30-27(29(36)41-34(37)42-30)23(32(44)46)15-24-19(2)26(21(4)40-24)31(45)38-11-14-43-12-9-22(10-13-43)33(47)49-35(5,6)7/h15-16,22,40H,9-14,17H2,1-8H3,(H,38,45)(H2,37,41,42). The van der Waals surface area contributed by atoms with Gasteiger partial charge in [-0.15, -0.1) is 0 Å². The summed E-state index contributed by atoms with van der Waals surface area (Å²) in [7, 11) is 1.60. The Morgan fingerprint density at radius 1 is 1.14 bits per heavy atom. The third-order valence-corrected chi connectivity index (χ3v) is 9.23. The maximum atomic E-state index is 14.0. The van der Waals surface area contributed by atoms with Gasteiger partial charge in [-0.1, -0.05) is 11.6 Å². The van der Waals surface area contributed by atoms with Crippen molar-refractivity contribution in [2.75, 3.05) is 43.9 Å². The molecule has 2 aliphatic rings. The van der Waals surface area contributed by atoms with Gasteiger partial charge in [-0.3, -0.25) is 24.3 Å². The number of hydrogen-bond donors (Lipinski definition) is 3. The van der Waals surface area contributed by atoms with Gasteiger partial charge < -0.3 is 30.4 Å². The number of piperidine rings is 1. The number of carbonyl (C=O) groups excluding carboxylic acids is 3. The van der Waals surface area contributed by atoms with E-state index < -0.39 is 5.60 Å². The third-order valence-electron chi connectivity index (χ3n) is 8.95. The van der Waals surface area contributed by atoms with Crippen LogP contribution in [-0.4, -0.2) is 81.5 Å². The fraction of sp³-hybridized carbons (Fsp3) is 0.486. The smallest absolute Gasteiger partial charge is 0.309 e. The first kappa shape index (κ1) is 35.8. The molecule has 0 atom stereocenters. The molecule has 14 heteroatoms. The molecule has 0 bridgehead atoms. The van der Waals surface area contributed by atoms with Crippen molar-refractivity contribution in [1.82, 2.24) is 30.2 Å². The SMILES string of the molecule is COc1c(C)cnc(CN2C(=O)C(=Cc3[nH]c(C)c(C(=O)NCCN4CCC(C(=O)OC(C)(C)C)CC4)c3C)c3c(Cl)nc(N)nc32)c1C. The van der Waals surface area contributed by atoms with Gasteiger partial charge in [0.15, 0.2) is 5.82 Å². The number of nitrogen functional groups attached to an aromatic ring is 1. The summed E-state index contributed by atoms with van der Waals surface area (Å²) in [5.74, 6) is 0.0981. The van der Waals surface area contributed by atoms with Crippen LogP contribution in [0.25, 0.3) is 11.6 Å². The molecule has 0 aliphatic carbocycles. The van der Waals surface area contributed by atoms with Crippen LogP contribution < -0.4 is 20.7 Å². The second-order valence-electron chi connectivity index (χ2n) is 13.6. The molecule has 13 nitrogen and oxygen atoms in total. The number of methoxy groups -OCH3 is 1. The largest absolute Gasteiger partial charge is 0.496 e. The second-order valence-corrected chi connectivity index (χ2v) is 14.0. The minimum atomic E-state index is -0.496. The van der Waals surface area contributed by atoms with E-state index in [9.17, 15) is 14.4 Å². The van der Waals surface area contributed by atoms with Gasteiger partial charge in [0.1, 0.15) is 16.5 Å². The molecule has 5 rings (SSSR count). The molecule has 2 aliphatic heterocycles. The van der Waals surface area contributed by atoms with Crippen LogP contribution in [0.2, 0.25) is 5.15 Å². The summed E-state index contributed by atoms with van der Waals surface area (Å²) in [6.45, 7) is 15.8. The first-order valence-corrected chi connectivity index (χ1v) is 16.8. The van der Waals surface area contributed by atoms with Crippen LogP contribution in [0.1, 0.15) is 83.3 Å². The van der Waals surface area contributed by atoms with Crippen LogP contribution in [0.4, 0.5) is 11.8 Å². The number of esters is 1. The molecule has 0 spiro atoms. The molecule has 1 saturated heterocycles. The van der Waals surface area contributed by atoms with E-state index in [1.807, 2.05) is 48.5 Å². The maximum Gasteiger partial charge on any atom is 0.309 e. The van der Waals surface area contributed by atoms with Crippen molar-refractivity contribution >= 4 is 52.8 Å². The number of pyridine rings is 1. The number of ether oxygens (including phenoxy) is 2. The molecule has 262 valence electrons. The number of amides is 2. The van der Waals surface area contributed by atoms with Gasteiger partial charge >= 0.3 is 5.97 Å². The van der Waals surface area contributed by atoms with Crippen molar-refractivity contribution in [2.24, 2.45) is 5.92 Å². The van der Waals surface area contributed by atoms with Crippen LogP contribution in [0.3, 0.4) is 0 Å². The van der Waals surface area contributed by atoms with E-state index in [0.717, 1.165) is 37.1 Å². The zero-order chi connectivity index (χ0) is 35.8. The lowest BCUT2D eigenvalue weighted by Gasteiger charge is -2.32. The average Bonchev–Trinajstić information content (AvgIpc) is 3.45. The second kappa shape index (κ2) is 14.2. The fourth-order valence-electron chi connectivity index (χ4n) is 6.47. The summed E-state index contributed by atoms with van der Waals surface area (Å²) in [6, 6.07) is 0. The number of fused-ring (bicyclic) bond motifs is 1. The molecule has 3 aromatic heterocycles. The van der Waals surface area contributed by atoms with Gasteiger partial charge in [0, 0.05) is 41.8 Å². The number of hydrogen-bond acceptors (Lipinski definition) is 10. The molecule has 49 heavy (non-hydrogen) atoms. The van der Waals surface area contributed by atoms with Gasteiger partial charge in [-0.25, -0.2) is 4.98 Å². The number of halogens is 1. The Balaban J connectivity index is 1.30. The number of nitrogens with two attached hydrogens (primary N) is 1. The summed E-state index contributed by atoms with van der Waals surface area (Å²) < 4.78 is 11.1. The number of likely N-dealkylation sites (tertiary alicyclic amines) is 1.